The highest BCUT2D eigenvalue weighted by molar-refractivity contribution is 6.06. The van der Waals surface area contributed by atoms with E-state index in [4.69, 9.17) is 15.2 Å². The molecule has 28 heavy (non-hydrogen) atoms. The Morgan fingerprint density at radius 1 is 1.04 bits per heavy atom. The number of nitrogens with zero attached hydrogens (tertiary/aromatic N) is 1. The Morgan fingerprint density at radius 2 is 1.71 bits per heavy atom. The van der Waals surface area contributed by atoms with E-state index in [-0.39, 0.29) is 23.8 Å². The van der Waals surface area contributed by atoms with Gasteiger partial charge in [-0.1, -0.05) is 12.1 Å². The van der Waals surface area contributed by atoms with Crippen LogP contribution in [-0.4, -0.2) is 55.5 Å². The van der Waals surface area contributed by atoms with Crippen LogP contribution in [-0.2, 0) is 9.53 Å². The van der Waals surface area contributed by atoms with Crippen molar-refractivity contribution in [2.75, 3.05) is 38.2 Å². The number of amides is 3. The molecule has 2 aromatic rings. The Morgan fingerprint density at radius 3 is 2.39 bits per heavy atom. The minimum absolute atomic E-state index is 0.0635. The summed E-state index contributed by atoms with van der Waals surface area (Å²) >= 11 is 0. The fourth-order valence-corrected chi connectivity index (χ4v) is 2.77. The molecule has 3 rings (SSSR count). The smallest absolute Gasteiger partial charge is 0.259 e. The van der Waals surface area contributed by atoms with E-state index in [0.29, 0.717) is 37.6 Å². The van der Waals surface area contributed by atoms with E-state index in [1.807, 2.05) is 0 Å². The highest BCUT2D eigenvalue weighted by Crippen LogP contribution is 2.20. The normalized spacial score (nSPS) is 13.6. The van der Waals surface area contributed by atoms with E-state index < -0.39 is 11.8 Å². The van der Waals surface area contributed by atoms with Crippen molar-refractivity contribution in [1.29, 1.82) is 0 Å². The number of hydrogen-bond donors (Lipinski definition) is 2. The van der Waals surface area contributed by atoms with Crippen molar-refractivity contribution < 1.29 is 23.9 Å². The monoisotopic (exact) mass is 383 g/mol. The molecule has 0 aromatic heterocycles. The topological polar surface area (TPSA) is 111 Å². The lowest BCUT2D eigenvalue weighted by Gasteiger charge is -2.26. The zero-order chi connectivity index (χ0) is 19.9. The maximum Gasteiger partial charge on any atom is 0.259 e. The average molecular weight is 383 g/mol. The van der Waals surface area contributed by atoms with Gasteiger partial charge in [-0.2, -0.15) is 0 Å². The molecule has 1 aliphatic heterocycles. The van der Waals surface area contributed by atoms with Gasteiger partial charge in [-0.25, -0.2) is 0 Å². The Bertz CT molecular complexity index is 860. The summed E-state index contributed by atoms with van der Waals surface area (Å²) in [6, 6.07) is 13.2. The van der Waals surface area contributed by atoms with Gasteiger partial charge in [-0.15, -0.1) is 0 Å². The summed E-state index contributed by atoms with van der Waals surface area (Å²) in [7, 11) is 0. The number of primary amides is 1. The molecule has 1 fully saturated rings. The Hall–Kier alpha value is -3.39. The van der Waals surface area contributed by atoms with Crippen molar-refractivity contribution in [3.63, 3.8) is 0 Å². The fourth-order valence-electron chi connectivity index (χ4n) is 2.77. The molecular formula is C20H21N3O5. The predicted molar refractivity (Wildman–Crippen MR) is 102 cm³/mol. The van der Waals surface area contributed by atoms with Crippen molar-refractivity contribution in [2.45, 2.75) is 0 Å². The van der Waals surface area contributed by atoms with Crippen molar-refractivity contribution in [3.8, 4) is 5.75 Å². The van der Waals surface area contributed by atoms with Gasteiger partial charge in [0.25, 0.3) is 17.7 Å². The molecule has 8 heteroatoms. The van der Waals surface area contributed by atoms with Crippen molar-refractivity contribution >= 4 is 23.4 Å². The lowest BCUT2D eigenvalue weighted by Crippen LogP contribution is -2.40. The summed E-state index contributed by atoms with van der Waals surface area (Å²) < 4.78 is 10.5. The number of benzene rings is 2. The quantitative estimate of drug-likeness (QED) is 0.781. The summed E-state index contributed by atoms with van der Waals surface area (Å²) in [6.07, 6.45) is 0. The average Bonchev–Trinajstić information content (AvgIpc) is 2.73. The molecule has 0 atom stereocenters. The molecule has 0 aliphatic carbocycles. The zero-order valence-corrected chi connectivity index (χ0v) is 15.2. The second-order valence-electron chi connectivity index (χ2n) is 6.19. The highest BCUT2D eigenvalue weighted by Gasteiger charge is 2.18. The second-order valence-corrected chi connectivity index (χ2v) is 6.19. The molecule has 2 aromatic carbocycles. The number of nitrogens with two attached hydrogens (primary N) is 1. The SMILES string of the molecule is NC(=O)COc1ccccc1C(=O)Nc1ccc(C(=O)N2CCOCC2)cc1. The van der Waals surface area contributed by atoms with Crippen LogP contribution < -0.4 is 15.8 Å². The molecule has 0 spiro atoms. The Balaban J connectivity index is 1.66. The first-order chi connectivity index (χ1) is 13.5. The predicted octanol–water partition coefficient (Wildman–Crippen LogP) is 1.28. The maximum atomic E-state index is 12.5. The van der Waals surface area contributed by atoms with Crippen LogP contribution in [0.1, 0.15) is 20.7 Å². The highest BCUT2D eigenvalue weighted by atomic mass is 16.5. The van der Waals surface area contributed by atoms with E-state index >= 15 is 0 Å². The summed E-state index contributed by atoms with van der Waals surface area (Å²) in [5.41, 5.74) is 6.44. The third kappa shape index (κ3) is 4.86. The van der Waals surface area contributed by atoms with E-state index in [0.717, 1.165) is 0 Å². The van der Waals surface area contributed by atoms with Gasteiger partial charge in [0.15, 0.2) is 6.61 Å². The number of nitrogens with one attached hydrogen (secondary N) is 1. The second kappa shape index (κ2) is 9.01. The first kappa shape index (κ1) is 19.4. The molecule has 1 saturated heterocycles. The van der Waals surface area contributed by atoms with Crippen molar-refractivity contribution in [1.82, 2.24) is 4.90 Å². The van der Waals surface area contributed by atoms with Gasteiger partial charge in [-0.05, 0) is 36.4 Å². The van der Waals surface area contributed by atoms with Crippen molar-refractivity contribution in [3.05, 3.63) is 59.7 Å². The Labute approximate surface area is 162 Å². The van der Waals surface area contributed by atoms with Crippen LogP contribution in [0.3, 0.4) is 0 Å². The summed E-state index contributed by atoms with van der Waals surface area (Å²) in [6.45, 7) is 1.90. The molecule has 146 valence electrons. The lowest BCUT2D eigenvalue weighted by atomic mass is 10.1. The molecule has 0 unspecified atom stereocenters. The van der Waals surface area contributed by atoms with Gasteiger partial charge in [0.2, 0.25) is 0 Å². The summed E-state index contributed by atoms with van der Waals surface area (Å²) in [5, 5.41) is 2.75. The number of morpholine rings is 1. The lowest BCUT2D eigenvalue weighted by molar-refractivity contribution is -0.119. The van der Waals surface area contributed by atoms with E-state index in [9.17, 15) is 14.4 Å². The first-order valence-corrected chi connectivity index (χ1v) is 8.83. The van der Waals surface area contributed by atoms with Crippen molar-refractivity contribution in [2.24, 2.45) is 5.73 Å². The summed E-state index contributed by atoms with van der Waals surface area (Å²) in [4.78, 5) is 37.6. The van der Waals surface area contributed by atoms with Gasteiger partial charge in [0, 0.05) is 24.3 Å². The number of para-hydroxylation sites is 1. The standard InChI is InChI=1S/C20H21N3O5/c21-18(24)13-28-17-4-2-1-3-16(17)19(25)22-15-7-5-14(6-8-15)20(26)23-9-11-27-12-10-23/h1-8H,9-13H2,(H2,21,24)(H,22,25). The largest absolute Gasteiger partial charge is 0.483 e. The van der Waals surface area contributed by atoms with Crippen LogP contribution in [0.2, 0.25) is 0 Å². The minimum Gasteiger partial charge on any atom is -0.483 e. The van der Waals surface area contributed by atoms with Gasteiger partial charge in [0.1, 0.15) is 5.75 Å². The summed E-state index contributed by atoms with van der Waals surface area (Å²) in [5.74, 6) is -0.827. The molecule has 1 heterocycles. The van der Waals surface area contributed by atoms with E-state index in [1.54, 1.807) is 53.4 Å². The van der Waals surface area contributed by atoms with Gasteiger partial charge < -0.3 is 25.4 Å². The van der Waals surface area contributed by atoms with Crippen LogP contribution in [0.15, 0.2) is 48.5 Å². The van der Waals surface area contributed by atoms with E-state index in [2.05, 4.69) is 5.32 Å². The zero-order valence-electron chi connectivity index (χ0n) is 15.2. The molecule has 0 saturated carbocycles. The fraction of sp³-hybridized carbons (Fsp3) is 0.250. The van der Waals surface area contributed by atoms with Gasteiger partial charge >= 0.3 is 0 Å². The Kier molecular flexibility index (Phi) is 6.23. The van der Waals surface area contributed by atoms with Gasteiger partial charge in [0.05, 0.1) is 18.8 Å². The first-order valence-electron chi connectivity index (χ1n) is 8.83. The number of rotatable bonds is 6. The molecule has 3 N–H and O–H groups in total. The number of ether oxygens (including phenoxy) is 2. The molecule has 8 nitrogen and oxygen atoms in total. The van der Waals surface area contributed by atoms with Crippen LogP contribution >= 0.6 is 0 Å². The molecule has 1 aliphatic rings. The third-order valence-corrected chi connectivity index (χ3v) is 4.19. The maximum absolute atomic E-state index is 12.5. The number of anilines is 1. The van der Waals surface area contributed by atoms with Crippen LogP contribution in [0, 0.1) is 0 Å². The molecule has 0 radical (unpaired) electrons. The number of hydrogen-bond acceptors (Lipinski definition) is 5. The van der Waals surface area contributed by atoms with Crippen LogP contribution in [0.5, 0.6) is 5.75 Å². The minimum atomic E-state index is -0.629. The van der Waals surface area contributed by atoms with Crippen LogP contribution in [0.4, 0.5) is 5.69 Å². The molecular weight excluding hydrogens is 362 g/mol. The van der Waals surface area contributed by atoms with Gasteiger partial charge in [-0.3, -0.25) is 14.4 Å². The third-order valence-electron chi connectivity index (χ3n) is 4.19. The van der Waals surface area contributed by atoms with E-state index in [1.165, 1.54) is 0 Å². The number of carbonyl (C=O) groups is 3. The molecule has 3 amide bonds. The number of carbonyl (C=O) groups excluding carboxylic acids is 3. The molecule has 0 bridgehead atoms. The van der Waals surface area contributed by atoms with Crippen LogP contribution in [0.25, 0.3) is 0 Å².